The summed E-state index contributed by atoms with van der Waals surface area (Å²) in [6, 6.07) is 17.8. The van der Waals surface area contributed by atoms with Crippen molar-refractivity contribution in [2.45, 2.75) is 70.2 Å². The highest BCUT2D eigenvalue weighted by Crippen LogP contribution is 2.38. The zero-order chi connectivity index (χ0) is 32.5. The standard InChI is InChI=1S/C35H40N7O4/c1-5-30(43)42-20-19-41(21-25(42)13-17-36)31-27-14-18-40(29-12-8-10-24-9-6-7-11-26(24)29)22-28(27)37-32(38-31)45-23-35(15-16-35)39-33(44)46-34(2,3)4/h5-7,9-12,25H,1,13-16,18-23H2,2-4H3,(H,39,44)/t25-/m0/s1. The van der Waals surface area contributed by atoms with Crippen LogP contribution in [0.4, 0.5) is 16.3 Å². The molecule has 11 nitrogen and oxygen atoms in total. The predicted molar refractivity (Wildman–Crippen MR) is 175 cm³/mol. The summed E-state index contributed by atoms with van der Waals surface area (Å²) in [4.78, 5) is 41.1. The van der Waals surface area contributed by atoms with E-state index < -0.39 is 17.2 Å². The van der Waals surface area contributed by atoms with Gasteiger partial charge in [-0.05, 0) is 69.7 Å². The van der Waals surface area contributed by atoms with Gasteiger partial charge in [-0.1, -0.05) is 30.8 Å². The molecule has 1 N–H and O–H groups in total. The van der Waals surface area contributed by atoms with Crippen molar-refractivity contribution in [3.05, 3.63) is 66.4 Å². The largest absolute Gasteiger partial charge is 0.461 e. The van der Waals surface area contributed by atoms with Crippen LogP contribution in [0.25, 0.3) is 10.8 Å². The van der Waals surface area contributed by atoms with Crippen LogP contribution < -0.4 is 19.9 Å². The molecule has 0 spiro atoms. The van der Waals surface area contributed by atoms with Gasteiger partial charge in [0.25, 0.3) is 0 Å². The first-order valence-corrected chi connectivity index (χ1v) is 15.8. The molecule has 2 aliphatic heterocycles. The van der Waals surface area contributed by atoms with Crippen molar-refractivity contribution in [2.24, 2.45) is 0 Å². The number of hydrogen-bond donors (Lipinski definition) is 1. The second kappa shape index (κ2) is 12.5. The number of rotatable bonds is 8. The third-order valence-corrected chi connectivity index (χ3v) is 8.72. The van der Waals surface area contributed by atoms with Gasteiger partial charge in [0, 0.05) is 42.8 Å². The van der Waals surface area contributed by atoms with Crippen molar-refractivity contribution in [1.82, 2.24) is 20.2 Å². The predicted octanol–water partition coefficient (Wildman–Crippen LogP) is 4.55. The molecule has 46 heavy (non-hydrogen) atoms. The molecule has 3 aromatic rings. The van der Waals surface area contributed by atoms with Gasteiger partial charge in [-0.15, -0.1) is 0 Å². The molecule has 1 atom stereocenters. The second-order valence-electron chi connectivity index (χ2n) is 13.2. The number of fused-ring (bicyclic) bond motifs is 2. The van der Waals surface area contributed by atoms with E-state index in [0.29, 0.717) is 32.6 Å². The molecule has 6 rings (SSSR count). The van der Waals surface area contributed by atoms with Gasteiger partial charge in [0.05, 0.1) is 36.3 Å². The number of amides is 2. The Bertz CT molecular complexity index is 1690. The topological polar surface area (TPSA) is 124 Å². The van der Waals surface area contributed by atoms with Crippen LogP contribution >= 0.6 is 0 Å². The lowest BCUT2D eigenvalue weighted by Crippen LogP contribution is -2.55. The van der Waals surface area contributed by atoms with Gasteiger partial charge in [-0.2, -0.15) is 15.2 Å². The molecular weight excluding hydrogens is 582 g/mol. The van der Waals surface area contributed by atoms with Crippen LogP contribution in [0.3, 0.4) is 0 Å². The van der Waals surface area contributed by atoms with Crippen molar-refractivity contribution >= 4 is 34.3 Å². The van der Waals surface area contributed by atoms with E-state index >= 15 is 0 Å². The van der Waals surface area contributed by atoms with Crippen LogP contribution in [0.15, 0.2) is 49.1 Å². The van der Waals surface area contributed by atoms with Crippen molar-refractivity contribution in [3.8, 4) is 12.1 Å². The molecule has 2 fully saturated rings. The molecule has 1 aromatic heterocycles. The van der Waals surface area contributed by atoms with Gasteiger partial charge in [0.15, 0.2) is 0 Å². The van der Waals surface area contributed by atoms with Crippen LogP contribution in [0.5, 0.6) is 6.01 Å². The fraction of sp³-hybridized carbons (Fsp3) is 0.457. The Morgan fingerprint density at radius 2 is 1.98 bits per heavy atom. The minimum atomic E-state index is -0.602. The molecular formula is C35H40N7O4. The first-order chi connectivity index (χ1) is 22.1. The van der Waals surface area contributed by atoms with E-state index in [-0.39, 0.29) is 31.0 Å². The molecule has 1 radical (unpaired) electrons. The van der Waals surface area contributed by atoms with Crippen LogP contribution in [-0.4, -0.2) is 76.8 Å². The zero-order valence-electron chi connectivity index (χ0n) is 26.7. The molecule has 11 heteroatoms. The summed E-state index contributed by atoms with van der Waals surface area (Å²) in [6.45, 7) is 12.1. The molecule has 239 valence electrons. The summed E-state index contributed by atoms with van der Waals surface area (Å²) in [5.74, 6) is 0.589. The van der Waals surface area contributed by atoms with E-state index in [1.807, 2.05) is 45.0 Å². The summed E-state index contributed by atoms with van der Waals surface area (Å²) in [5.41, 5.74) is 1.87. The maximum Gasteiger partial charge on any atom is 0.408 e. The zero-order valence-corrected chi connectivity index (χ0v) is 26.7. The average Bonchev–Trinajstić information content (AvgIpc) is 3.80. The number of alkyl carbamates (subject to hydrolysis) is 1. The second-order valence-corrected chi connectivity index (χ2v) is 13.2. The molecule has 1 saturated carbocycles. The van der Waals surface area contributed by atoms with Gasteiger partial charge in [-0.25, -0.2) is 4.79 Å². The summed E-state index contributed by atoms with van der Waals surface area (Å²) >= 11 is 0. The summed E-state index contributed by atoms with van der Waals surface area (Å²) in [7, 11) is 0. The number of anilines is 2. The molecule has 3 aliphatic rings. The number of carbonyl (C=O) groups is 2. The third kappa shape index (κ3) is 6.71. The van der Waals surface area contributed by atoms with Crippen LogP contribution in [-0.2, 0) is 22.5 Å². The number of nitrogens with one attached hydrogen (secondary N) is 1. The third-order valence-electron chi connectivity index (χ3n) is 8.72. The van der Waals surface area contributed by atoms with Gasteiger partial charge in [-0.3, -0.25) is 4.79 Å². The van der Waals surface area contributed by atoms with E-state index in [4.69, 9.17) is 19.4 Å². The molecule has 0 bridgehead atoms. The summed E-state index contributed by atoms with van der Waals surface area (Å²) in [6.07, 6.45) is 3.29. The van der Waals surface area contributed by atoms with E-state index in [1.54, 1.807) is 4.90 Å². The summed E-state index contributed by atoms with van der Waals surface area (Å²) in [5, 5.41) is 14.8. The highest BCUT2D eigenvalue weighted by molar-refractivity contribution is 5.94. The Kier molecular flexibility index (Phi) is 8.47. The Morgan fingerprint density at radius 1 is 1.17 bits per heavy atom. The average molecular weight is 623 g/mol. The fourth-order valence-corrected chi connectivity index (χ4v) is 6.24. The van der Waals surface area contributed by atoms with Crippen molar-refractivity contribution in [3.63, 3.8) is 0 Å². The lowest BCUT2D eigenvalue weighted by Gasteiger charge is -2.42. The highest BCUT2D eigenvalue weighted by atomic mass is 16.6. The van der Waals surface area contributed by atoms with Crippen LogP contribution in [0.2, 0.25) is 0 Å². The number of benzene rings is 2. The monoisotopic (exact) mass is 622 g/mol. The fourth-order valence-electron chi connectivity index (χ4n) is 6.24. The lowest BCUT2D eigenvalue weighted by molar-refractivity contribution is -0.128. The van der Waals surface area contributed by atoms with Crippen LogP contribution in [0, 0.1) is 17.4 Å². The molecule has 2 aromatic carbocycles. The molecule has 3 heterocycles. The van der Waals surface area contributed by atoms with Crippen molar-refractivity contribution in [2.75, 3.05) is 42.6 Å². The smallest absolute Gasteiger partial charge is 0.408 e. The molecule has 1 aliphatic carbocycles. The minimum Gasteiger partial charge on any atom is -0.461 e. The Labute approximate surface area is 269 Å². The van der Waals surface area contributed by atoms with Gasteiger partial charge in [0.1, 0.15) is 18.0 Å². The van der Waals surface area contributed by atoms with E-state index in [2.05, 4.69) is 46.0 Å². The maximum absolute atomic E-state index is 12.6. The first-order valence-electron chi connectivity index (χ1n) is 15.8. The van der Waals surface area contributed by atoms with E-state index in [0.717, 1.165) is 52.9 Å². The quantitative estimate of drug-likeness (QED) is 0.361. The number of aromatic nitrogens is 2. The Morgan fingerprint density at radius 3 is 2.72 bits per heavy atom. The number of nitriles is 1. The van der Waals surface area contributed by atoms with Gasteiger partial charge in [0.2, 0.25) is 5.91 Å². The number of hydrogen-bond acceptors (Lipinski definition) is 9. The molecule has 0 unspecified atom stereocenters. The molecule has 2 amide bonds. The van der Waals surface area contributed by atoms with Crippen molar-refractivity contribution in [1.29, 1.82) is 5.26 Å². The highest BCUT2D eigenvalue weighted by Gasteiger charge is 2.46. The van der Waals surface area contributed by atoms with Crippen LogP contribution in [0.1, 0.15) is 51.3 Å². The summed E-state index contributed by atoms with van der Waals surface area (Å²) < 4.78 is 11.7. The van der Waals surface area contributed by atoms with E-state index in [1.165, 1.54) is 6.08 Å². The lowest BCUT2D eigenvalue weighted by atomic mass is 10.0. The van der Waals surface area contributed by atoms with Crippen molar-refractivity contribution < 1.29 is 19.1 Å². The van der Waals surface area contributed by atoms with E-state index in [9.17, 15) is 14.9 Å². The minimum absolute atomic E-state index is 0.177. The number of ether oxygens (including phenoxy) is 2. The Hall–Kier alpha value is -4.85. The normalized spacial score (nSPS) is 18.7. The number of nitrogens with zero attached hydrogens (tertiary/aromatic N) is 6. The maximum atomic E-state index is 12.6. The Balaban J connectivity index is 1.29. The number of carbonyl (C=O) groups excluding carboxylic acids is 2. The SMILES string of the molecule is C=CC(=O)N1CCN(c2nc(OCC3(NC(=O)OC(C)(C)C)CC3)nc3c2CCN(c2c[c]cc4ccccc24)C3)C[C@@H]1CC#N. The van der Waals surface area contributed by atoms with Gasteiger partial charge < -0.3 is 29.5 Å². The number of piperazine rings is 1. The molecule has 1 saturated heterocycles. The first kappa shape index (κ1) is 31.1. The van der Waals surface area contributed by atoms with Gasteiger partial charge >= 0.3 is 12.1 Å².